The number of nitrogens with one attached hydrogen (secondary N) is 1. The molecule has 2 aliphatic rings. The molecule has 1 heterocycles. The molecule has 1 amide bonds. The summed E-state index contributed by atoms with van der Waals surface area (Å²) in [6, 6.07) is 15.4. The summed E-state index contributed by atoms with van der Waals surface area (Å²) in [5, 5.41) is 18.2. The fraction of sp³-hybridized carbons (Fsp3) is 0.333. The van der Waals surface area contributed by atoms with Crippen LogP contribution in [0.15, 0.2) is 48.5 Å². The molecule has 0 spiro atoms. The van der Waals surface area contributed by atoms with E-state index in [4.69, 9.17) is 5.10 Å². The van der Waals surface area contributed by atoms with Crippen LogP contribution in [0.5, 0.6) is 5.75 Å². The van der Waals surface area contributed by atoms with E-state index in [9.17, 15) is 9.90 Å². The molecule has 0 saturated heterocycles. The molecule has 2 aromatic carbocycles. The van der Waals surface area contributed by atoms with Crippen molar-refractivity contribution in [3.63, 3.8) is 0 Å². The number of aromatic nitrogens is 2. The third kappa shape index (κ3) is 3.65. The lowest BCUT2D eigenvalue weighted by Gasteiger charge is -2.09. The Bertz CT molecular complexity index is 1030. The van der Waals surface area contributed by atoms with Crippen molar-refractivity contribution in [2.45, 2.75) is 51.0 Å². The van der Waals surface area contributed by atoms with Crippen molar-refractivity contribution in [2.75, 3.05) is 5.32 Å². The van der Waals surface area contributed by atoms with Gasteiger partial charge in [-0.15, -0.1) is 0 Å². The first-order chi connectivity index (χ1) is 14.1. The quantitative estimate of drug-likeness (QED) is 0.565. The second-order valence-corrected chi connectivity index (χ2v) is 8.14. The first-order valence-corrected chi connectivity index (χ1v) is 10.5. The fourth-order valence-electron chi connectivity index (χ4n) is 3.75. The zero-order chi connectivity index (χ0) is 20.0. The van der Waals surface area contributed by atoms with Gasteiger partial charge in [-0.25, -0.2) is 0 Å². The lowest BCUT2D eigenvalue weighted by atomic mass is 10.1. The zero-order valence-electron chi connectivity index (χ0n) is 16.6. The number of nitrogens with zero attached hydrogens (tertiary/aromatic N) is 2. The average molecular weight is 387 g/mol. The van der Waals surface area contributed by atoms with Gasteiger partial charge in [-0.1, -0.05) is 19.1 Å². The Labute approximate surface area is 170 Å². The van der Waals surface area contributed by atoms with Gasteiger partial charge in [0.2, 0.25) is 0 Å². The summed E-state index contributed by atoms with van der Waals surface area (Å²) in [6.45, 7) is 2.09. The summed E-state index contributed by atoms with van der Waals surface area (Å²) in [5.41, 5.74) is 5.19. The van der Waals surface area contributed by atoms with Gasteiger partial charge in [0.25, 0.3) is 5.91 Å². The van der Waals surface area contributed by atoms with Gasteiger partial charge in [-0.2, -0.15) is 5.10 Å². The van der Waals surface area contributed by atoms with Crippen molar-refractivity contribution in [3.05, 3.63) is 65.4 Å². The molecule has 0 radical (unpaired) electrons. The maximum Gasteiger partial charge on any atom is 0.255 e. The highest BCUT2D eigenvalue weighted by Gasteiger charge is 2.34. The van der Waals surface area contributed by atoms with Crippen molar-refractivity contribution in [1.82, 2.24) is 9.78 Å². The monoisotopic (exact) mass is 387 g/mol. The van der Waals surface area contributed by atoms with Crippen LogP contribution < -0.4 is 5.32 Å². The van der Waals surface area contributed by atoms with Crippen LogP contribution in [-0.2, 0) is 6.42 Å². The maximum absolute atomic E-state index is 12.6. The van der Waals surface area contributed by atoms with E-state index in [-0.39, 0.29) is 11.7 Å². The molecule has 0 atom stereocenters. The smallest absolute Gasteiger partial charge is 0.255 e. The SMILES string of the molecule is CCc1ccc(C(=O)Nc2ccc(O)c(-c3cc(C4CC4)n(C4CC4)n3)c2)cc1. The third-order valence-electron chi connectivity index (χ3n) is 5.81. The minimum absolute atomic E-state index is 0.161. The molecule has 1 aromatic heterocycles. The molecule has 2 saturated carbocycles. The number of phenolic OH excluding ortho intramolecular Hbond substituents is 1. The Kier molecular flexibility index (Phi) is 4.38. The number of benzene rings is 2. The highest BCUT2D eigenvalue weighted by atomic mass is 16.3. The summed E-state index contributed by atoms with van der Waals surface area (Å²) >= 11 is 0. The summed E-state index contributed by atoms with van der Waals surface area (Å²) in [6.07, 6.45) is 5.74. The average Bonchev–Trinajstić information content (AvgIpc) is 3.68. The first kappa shape index (κ1) is 18.0. The summed E-state index contributed by atoms with van der Waals surface area (Å²) < 4.78 is 2.16. The predicted molar refractivity (Wildman–Crippen MR) is 113 cm³/mol. The van der Waals surface area contributed by atoms with E-state index in [2.05, 4.69) is 23.0 Å². The van der Waals surface area contributed by atoms with E-state index in [0.717, 1.165) is 12.1 Å². The van der Waals surface area contributed by atoms with Gasteiger partial charge in [-0.3, -0.25) is 9.48 Å². The van der Waals surface area contributed by atoms with E-state index in [0.29, 0.717) is 28.8 Å². The van der Waals surface area contributed by atoms with Gasteiger partial charge in [0.1, 0.15) is 5.75 Å². The molecule has 148 valence electrons. The molecule has 29 heavy (non-hydrogen) atoms. The van der Waals surface area contributed by atoms with Crippen LogP contribution in [0.2, 0.25) is 0 Å². The number of carbonyl (C=O) groups excluding carboxylic acids is 1. The molecule has 0 bridgehead atoms. The van der Waals surface area contributed by atoms with Crippen molar-refractivity contribution in [1.29, 1.82) is 0 Å². The highest BCUT2D eigenvalue weighted by Crippen LogP contribution is 2.46. The molecule has 2 aliphatic carbocycles. The molecule has 0 aliphatic heterocycles. The van der Waals surface area contributed by atoms with Gasteiger partial charge in [0, 0.05) is 28.4 Å². The van der Waals surface area contributed by atoms with Gasteiger partial charge >= 0.3 is 0 Å². The maximum atomic E-state index is 12.6. The normalized spacial score (nSPS) is 16.0. The van der Waals surface area contributed by atoms with Gasteiger partial charge in [0.15, 0.2) is 0 Å². The topological polar surface area (TPSA) is 67.2 Å². The van der Waals surface area contributed by atoms with Gasteiger partial charge in [0.05, 0.1) is 11.7 Å². The van der Waals surface area contributed by atoms with E-state index in [1.165, 1.54) is 36.9 Å². The van der Waals surface area contributed by atoms with E-state index in [1.807, 2.05) is 30.3 Å². The molecular weight excluding hydrogens is 362 g/mol. The molecule has 2 fully saturated rings. The van der Waals surface area contributed by atoms with Crippen molar-refractivity contribution < 1.29 is 9.90 Å². The molecule has 3 aromatic rings. The second kappa shape index (κ2) is 7.07. The number of amides is 1. The Hall–Kier alpha value is -3.08. The zero-order valence-corrected chi connectivity index (χ0v) is 16.6. The number of rotatable bonds is 6. The minimum atomic E-state index is -0.161. The lowest BCUT2D eigenvalue weighted by Crippen LogP contribution is -2.11. The lowest BCUT2D eigenvalue weighted by molar-refractivity contribution is 0.102. The first-order valence-electron chi connectivity index (χ1n) is 10.5. The second-order valence-electron chi connectivity index (χ2n) is 8.14. The Morgan fingerprint density at radius 1 is 1.10 bits per heavy atom. The van der Waals surface area contributed by atoms with Crippen LogP contribution in [-0.4, -0.2) is 20.8 Å². The number of carbonyl (C=O) groups is 1. The Balaban J connectivity index is 1.41. The van der Waals surface area contributed by atoms with Crippen LogP contribution in [0.4, 0.5) is 5.69 Å². The number of aromatic hydroxyl groups is 1. The molecule has 5 rings (SSSR count). The highest BCUT2D eigenvalue weighted by molar-refractivity contribution is 6.04. The summed E-state index contributed by atoms with van der Waals surface area (Å²) in [5.74, 6) is 0.623. The van der Waals surface area contributed by atoms with Gasteiger partial charge in [-0.05, 0) is 74.1 Å². The number of anilines is 1. The van der Waals surface area contributed by atoms with E-state index in [1.54, 1.807) is 12.1 Å². The van der Waals surface area contributed by atoms with Crippen LogP contribution >= 0.6 is 0 Å². The Morgan fingerprint density at radius 2 is 1.86 bits per heavy atom. The number of aryl methyl sites for hydroxylation is 1. The van der Waals surface area contributed by atoms with E-state index < -0.39 is 0 Å². The molecule has 5 nitrogen and oxygen atoms in total. The molecule has 5 heteroatoms. The van der Waals surface area contributed by atoms with Crippen molar-refractivity contribution in [2.24, 2.45) is 0 Å². The number of hydrogen-bond acceptors (Lipinski definition) is 3. The largest absolute Gasteiger partial charge is 0.507 e. The molecule has 0 unspecified atom stereocenters. The number of phenols is 1. The van der Waals surface area contributed by atoms with Crippen LogP contribution in [0.25, 0.3) is 11.3 Å². The summed E-state index contributed by atoms with van der Waals surface area (Å²) in [7, 11) is 0. The Morgan fingerprint density at radius 3 is 2.52 bits per heavy atom. The molecular formula is C24H25N3O2. The van der Waals surface area contributed by atoms with Gasteiger partial charge < -0.3 is 10.4 Å². The minimum Gasteiger partial charge on any atom is -0.507 e. The standard InChI is InChI=1S/C24H25N3O2/c1-2-15-3-5-17(6-4-15)24(29)25-18-9-12-23(28)20(13-18)21-14-22(16-7-8-16)27(26-21)19-10-11-19/h3-6,9,12-14,16,19,28H,2,7-8,10-11H2,1H3,(H,25,29). The van der Waals surface area contributed by atoms with Crippen LogP contribution in [0, 0.1) is 0 Å². The number of hydrogen-bond donors (Lipinski definition) is 2. The fourth-order valence-corrected chi connectivity index (χ4v) is 3.75. The third-order valence-corrected chi connectivity index (χ3v) is 5.81. The van der Waals surface area contributed by atoms with Crippen LogP contribution in [0.3, 0.4) is 0 Å². The van der Waals surface area contributed by atoms with Crippen LogP contribution in [0.1, 0.15) is 66.2 Å². The molecule has 2 N–H and O–H groups in total. The summed E-state index contributed by atoms with van der Waals surface area (Å²) in [4.78, 5) is 12.6. The predicted octanol–water partition coefficient (Wildman–Crippen LogP) is 5.28. The van der Waals surface area contributed by atoms with Crippen molar-refractivity contribution in [3.8, 4) is 17.0 Å². The van der Waals surface area contributed by atoms with Crippen molar-refractivity contribution >= 4 is 11.6 Å². The van der Waals surface area contributed by atoms with E-state index >= 15 is 0 Å².